The molecule has 1 aliphatic carbocycles. The van der Waals surface area contributed by atoms with E-state index in [0.717, 1.165) is 36.8 Å². The van der Waals surface area contributed by atoms with Crippen LogP contribution in [0.3, 0.4) is 0 Å². The number of ketones is 1. The minimum atomic E-state index is -0.681. The van der Waals surface area contributed by atoms with Crippen LogP contribution in [0.2, 0.25) is 0 Å². The fourth-order valence-corrected chi connectivity index (χ4v) is 4.31. The molecule has 2 fully saturated rings. The molecule has 148 valence electrons. The van der Waals surface area contributed by atoms with Crippen LogP contribution in [0.5, 0.6) is 5.75 Å². The first-order valence-electron chi connectivity index (χ1n) is 9.63. The normalized spacial score (nSPS) is 25.6. The Morgan fingerprint density at radius 1 is 1.30 bits per heavy atom. The second-order valence-electron chi connectivity index (χ2n) is 7.93. The third-order valence-corrected chi connectivity index (χ3v) is 6.19. The van der Waals surface area contributed by atoms with Crippen LogP contribution >= 0.6 is 0 Å². The number of rotatable bonds is 5. The Kier molecular flexibility index (Phi) is 5.75. The SMILES string of the molecule is COC(=O)N1CC(c2ccc(CO)c(OC3CCCC3)c2)C(C)(C(C)=O)C1. The zero-order valence-corrected chi connectivity index (χ0v) is 16.4. The number of ether oxygens (including phenoxy) is 2. The monoisotopic (exact) mass is 375 g/mol. The number of amides is 1. The molecule has 6 heteroatoms. The molecule has 1 aromatic carbocycles. The van der Waals surface area contributed by atoms with Crippen molar-refractivity contribution in [3.8, 4) is 5.75 Å². The number of nitrogens with zero attached hydrogens (tertiary/aromatic N) is 1. The van der Waals surface area contributed by atoms with E-state index in [0.29, 0.717) is 18.8 Å². The van der Waals surface area contributed by atoms with Gasteiger partial charge in [-0.3, -0.25) is 4.79 Å². The maximum absolute atomic E-state index is 12.4. The number of benzene rings is 1. The maximum Gasteiger partial charge on any atom is 0.409 e. The third-order valence-electron chi connectivity index (χ3n) is 6.19. The summed E-state index contributed by atoms with van der Waals surface area (Å²) in [5, 5.41) is 9.68. The zero-order chi connectivity index (χ0) is 19.6. The lowest BCUT2D eigenvalue weighted by Crippen LogP contribution is -2.35. The molecule has 0 aromatic heterocycles. The summed E-state index contributed by atoms with van der Waals surface area (Å²) in [4.78, 5) is 26.1. The molecule has 2 atom stereocenters. The lowest BCUT2D eigenvalue weighted by atomic mass is 9.73. The van der Waals surface area contributed by atoms with Crippen molar-refractivity contribution in [1.29, 1.82) is 0 Å². The van der Waals surface area contributed by atoms with Crippen molar-refractivity contribution in [1.82, 2.24) is 4.90 Å². The van der Waals surface area contributed by atoms with E-state index < -0.39 is 11.5 Å². The summed E-state index contributed by atoms with van der Waals surface area (Å²) in [7, 11) is 1.35. The van der Waals surface area contributed by atoms with Crippen LogP contribution in [0.1, 0.15) is 56.6 Å². The van der Waals surface area contributed by atoms with E-state index >= 15 is 0 Å². The van der Waals surface area contributed by atoms with Gasteiger partial charge in [-0.25, -0.2) is 4.79 Å². The Bertz CT molecular complexity index is 713. The molecule has 1 amide bonds. The minimum absolute atomic E-state index is 0.0448. The smallest absolute Gasteiger partial charge is 0.409 e. The standard InChI is InChI=1S/C21H29NO5/c1-14(24)21(2)13-22(20(25)26-3)11-18(21)15-8-9-16(12-23)19(10-15)27-17-6-4-5-7-17/h8-10,17-18,23H,4-7,11-13H2,1-3H3. The molecule has 1 saturated carbocycles. The molecule has 0 spiro atoms. The third kappa shape index (κ3) is 3.81. The number of aliphatic hydroxyl groups is 1. The van der Waals surface area contributed by atoms with E-state index in [-0.39, 0.29) is 24.4 Å². The summed E-state index contributed by atoms with van der Waals surface area (Å²) < 4.78 is 11.0. The zero-order valence-electron chi connectivity index (χ0n) is 16.4. The first-order chi connectivity index (χ1) is 12.9. The number of hydrogen-bond acceptors (Lipinski definition) is 5. The molecule has 1 saturated heterocycles. The van der Waals surface area contributed by atoms with Gasteiger partial charge in [0, 0.05) is 24.6 Å². The second-order valence-corrected chi connectivity index (χ2v) is 7.93. The van der Waals surface area contributed by atoms with E-state index in [1.165, 1.54) is 7.11 Å². The van der Waals surface area contributed by atoms with Crippen LogP contribution < -0.4 is 4.74 Å². The Hall–Kier alpha value is -2.08. The van der Waals surface area contributed by atoms with E-state index in [9.17, 15) is 14.7 Å². The van der Waals surface area contributed by atoms with E-state index in [1.807, 2.05) is 25.1 Å². The highest BCUT2D eigenvalue weighted by molar-refractivity contribution is 5.85. The molecular formula is C21H29NO5. The summed E-state index contributed by atoms with van der Waals surface area (Å²) in [6.45, 7) is 4.14. The number of aliphatic hydroxyl groups excluding tert-OH is 1. The first kappa shape index (κ1) is 19.7. The van der Waals surface area contributed by atoms with Gasteiger partial charge in [-0.2, -0.15) is 0 Å². The number of carbonyl (C=O) groups is 2. The molecule has 6 nitrogen and oxygen atoms in total. The van der Waals surface area contributed by atoms with Crippen LogP contribution in [0.25, 0.3) is 0 Å². The van der Waals surface area contributed by atoms with E-state index in [4.69, 9.17) is 9.47 Å². The van der Waals surface area contributed by atoms with E-state index in [2.05, 4.69) is 0 Å². The second kappa shape index (κ2) is 7.89. The topological polar surface area (TPSA) is 76.1 Å². The maximum atomic E-state index is 12.4. The molecular weight excluding hydrogens is 346 g/mol. The van der Waals surface area contributed by atoms with Crippen molar-refractivity contribution in [3.63, 3.8) is 0 Å². The highest BCUT2D eigenvalue weighted by Crippen LogP contribution is 2.45. The lowest BCUT2D eigenvalue weighted by Gasteiger charge is -2.28. The van der Waals surface area contributed by atoms with Crippen molar-refractivity contribution in [2.45, 2.75) is 58.2 Å². The molecule has 1 heterocycles. The van der Waals surface area contributed by atoms with Crippen molar-refractivity contribution >= 4 is 11.9 Å². The highest BCUT2D eigenvalue weighted by Gasteiger charge is 2.49. The van der Waals surface area contributed by atoms with Gasteiger partial charge in [0.1, 0.15) is 11.5 Å². The number of hydrogen-bond donors (Lipinski definition) is 1. The summed E-state index contributed by atoms with van der Waals surface area (Å²) >= 11 is 0. The van der Waals surface area contributed by atoms with Crippen molar-refractivity contribution in [3.05, 3.63) is 29.3 Å². The van der Waals surface area contributed by atoms with Gasteiger partial charge in [-0.05, 0) is 44.2 Å². The number of methoxy groups -OCH3 is 1. The number of Topliss-reactive ketones (excluding diaryl/α,β-unsaturated/α-hetero) is 1. The Morgan fingerprint density at radius 2 is 2.00 bits per heavy atom. The van der Waals surface area contributed by atoms with Crippen LogP contribution in [-0.2, 0) is 16.1 Å². The van der Waals surface area contributed by atoms with Gasteiger partial charge in [-0.1, -0.05) is 19.1 Å². The predicted octanol–water partition coefficient (Wildman–Crippen LogP) is 3.26. The molecule has 27 heavy (non-hydrogen) atoms. The quantitative estimate of drug-likeness (QED) is 0.855. The molecule has 0 bridgehead atoms. The summed E-state index contributed by atoms with van der Waals surface area (Å²) in [6, 6.07) is 5.73. The summed E-state index contributed by atoms with van der Waals surface area (Å²) in [5.41, 5.74) is 1.02. The Labute approximate surface area is 160 Å². The average Bonchev–Trinajstić information content (AvgIpc) is 3.29. The van der Waals surface area contributed by atoms with Crippen LogP contribution in [0.4, 0.5) is 4.79 Å². The molecule has 1 aliphatic heterocycles. The molecule has 1 N–H and O–H groups in total. The van der Waals surface area contributed by atoms with Gasteiger partial charge in [0.2, 0.25) is 0 Å². The summed E-state index contributed by atoms with van der Waals surface area (Å²) in [6.07, 6.45) is 4.15. The Balaban J connectivity index is 1.92. The van der Waals surface area contributed by atoms with Crippen LogP contribution in [0, 0.1) is 5.41 Å². The fourth-order valence-electron chi connectivity index (χ4n) is 4.31. The highest BCUT2D eigenvalue weighted by atomic mass is 16.5. The van der Waals surface area contributed by atoms with Crippen molar-refractivity contribution in [2.75, 3.05) is 20.2 Å². The van der Waals surface area contributed by atoms with Gasteiger partial charge in [0.25, 0.3) is 0 Å². The number of carbonyl (C=O) groups excluding carboxylic acids is 2. The molecule has 0 radical (unpaired) electrons. The minimum Gasteiger partial charge on any atom is -0.490 e. The van der Waals surface area contributed by atoms with E-state index in [1.54, 1.807) is 11.8 Å². The average molecular weight is 375 g/mol. The van der Waals surface area contributed by atoms with Crippen molar-refractivity contribution in [2.24, 2.45) is 5.41 Å². The van der Waals surface area contributed by atoms with Crippen LogP contribution in [-0.4, -0.2) is 48.2 Å². The lowest BCUT2D eigenvalue weighted by molar-refractivity contribution is -0.125. The van der Waals surface area contributed by atoms with Crippen LogP contribution in [0.15, 0.2) is 18.2 Å². The van der Waals surface area contributed by atoms with Gasteiger partial charge >= 0.3 is 6.09 Å². The van der Waals surface area contributed by atoms with Gasteiger partial charge in [0.15, 0.2) is 0 Å². The van der Waals surface area contributed by atoms with Crippen molar-refractivity contribution < 1.29 is 24.2 Å². The largest absolute Gasteiger partial charge is 0.490 e. The first-order valence-corrected chi connectivity index (χ1v) is 9.63. The Morgan fingerprint density at radius 3 is 2.59 bits per heavy atom. The molecule has 1 aromatic rings. The van der Waals surface area contributed by atoms with Gasteiger partial charge in [-0.15, -0.1) is 0 Å². The molecule has 2 unspecified atom stereocenters. The fraction of sp³-hybridized carbons (Fsp3) is 0.619. The number of likely N-dealkylation sites (tertiary alicyclic amines) is 1. The molecule has 3 rings (SSSR count). The molecule has 2 aliphatic rings. The van der Waals surface area contributed by atoms with Gasteiger partial charge in [0.05, 0.1) is 25.2 Å². The predicted molar refractivity (Wildman–Crippen MR) is 101 cm³/mol. The van der Waals surface area contributed by atoms with Gasteiger partial charge < -0.3 is 19.5 Å². The summed E-state index contributed by atoms with van der Waals surface area (Å²) in [5.74, 6) is 0.584.